The summed E-state index contributed by atoms with van der Waals surface area (Å²) in [5.74, 6) is 0.0645. The molecule has 4 rings (SSSR count). The number of thiazole rings is 1. The molecule has 2 aromatic rings. The second kappa shape index (κ2) is 8.84. The van der Waals surface area contributed by atoms with E-state index in [-0.39, 0.29) is 17.7 Å². The van der Waals surface area contributed by atoms with Gasteiger partial charge in [-0.25, -0.2) is 4.98 Å². The van der Waals surface area contributed by atoms with E-state index in [0.717, 1.165) is 56.2 Å². The number of aryl methyl sites for hydroxylation is 1. The predicted octanol–water partition coefficient (Wildman–Crippen LogP) is 4.88. The maximum atomic E-state index is 13.8. The van der Waals surface area contributed by atoms with Gasteiger partial charge in [0.2, 0.25) is 11.7 Å². The monoisotopic (exact) mass is 426 g/mol. The molecule has 152 valence electrons. The summed E-state index contributed by atoms with van der Waals surface area (Å²) in [6.07, 6.45) is 8.50. The Balaban J connectivity index is 1.51. The van der Waals surface area contributed by atoms with Crippen molar-refractivity contribution >= 4 is 40.1 Å². The number of likely N-dealkylation sites (tertiary alicyclic amines) is 1. The van der Waals surface area contributed by atoms with Gasteiger partial charge in [0.25, 0.3) is 0 Å². The second-order valence-electron chi connectivity index (χ2n) is 8.06. The molecular formula is C23H26N2O2S2. The van der Waals surface area contributed by atoms with Gasteiger partial charge in [-0.15, -0.1) is 11.3 Å². The Morgan fingerprint density at radius 2 is 1.93 bits per heavy atom. The minimum atomic E-state index is -0.574. The van der Waals surface area contributed by atoms with Crippen LogP contribution in [0.5, 0.6) is 0 Å². The molecule has 1 saturated heterocycles. The SMILES string of the molecule is O=C(c1nccs1)[C@@H]1CCCN1C(=O)C1(C(=S)CCc2ccccc2)CCCC1. The minimum absolute atomic E-state index is 0.0193. The minimum Gasteiger partial charge on any atom is -0.331 e. The number of hydrogen-bond acceptors (Lipinski definition) is 5. The van der Waals surface area contributed by atoms with Crippen molar-refractivity contribution in [1.29, 1.82) is 0 Å². The van der Waals surface area contributed by atoms with Crippen LogP contribution in [0.4, 0.5) is 0 Å². The van der Waals surface area contributed by atoms with E-state index in [1.807, 2.05) is 28.5 Å². The molecule has 1 atom stereocenters. The van der Waals surface area contributed by atoms with Crippen LogP contribution < -0.4 is 0 Å². The molecule has 0 bridgehead atoms. The summed E-state index contributed by atoms with van der Waals surface area (Å²) in [7, 11) is 0. The largest absolute Gasteiger partial charge is 0.331 e. The zero-order chi connectivity index (χ0) is 20.3. The molecule has 2 aliphatic rings. The molecule has 4 nitrogen and oxygen atoms in total. The third-order valence-electron chi connectivity index (χ3n) is 6.34. The van der Waals surface area contributed by atoms with Gasteiger partial charge in [0, 0.05) is 23.0 Å². The zero-order valence-electron chi connectivity index (χ0n) is 16.5. The average molecular weight is 427 g/mol. The van der Waals surface area contributed by atoms with E-state index in [4.69, 9.17) is 12.2 Å². The van der Waals surface area contributed by atoms with E-state index in [1.165, 1.54) is 16.9 Å². The molecule has 1 aromatic heterocycles. The molecule has 0 unspecified atom stereocenters. The molecule has 0 N–H and O–H groups in total. The standard InChI is InChI=1S/C23H26N2O2S2/c26-20(21-24-14-16-29-21)18-9-6-15-25(18)22(27)23(12-4-5-13-23)19(28)11-10-17-7-2-1-3-8-17/h1-3,7-8,14,16,18H,4-6,9-13,15H2/t18-/m0/s1. The van der Waals surface area contributed by atoms with Crippen LogP contribution in [0.15, 0.2) is 41.9 Å². The van der Waals surface area contributed by atoms with Gasteiger partial charge in [-0.2, -0.15) is 0 Å². The third kappa shape index (κ3) is 4.05. The number of carbonyl (C=O) groups is 2. The van der Waals surface area contributed by atoms with Crippen LogP contribution >= 0.6 is 23.6 Å². The fraction of sp³-hybridized carbons (Fsp3) is 0.478. The number of benzene rings is 1. The fourth-order valence-electron chi connectivity index (χ4n) is 4.78. The lowest BCUT2D eigenvalue weighted by Gasteiger charge is -2.35. The number of amides is 1. The van der Waals surface area contributed by atoms with Crippen LogP contribution in [-0.4, -0.2) is 39.0 Å². The summed E-state index contributed by atoms with van der Waals surface area (Å²) in [6.45, 7) is 0.643. The Hall–Kier alpha value is -1.92. The Bertz CT molecular complexity index is 874. The Kier molecular flexibility index (Phi) is 6.20. The van der Waals surface area contributed by atoms with Gasteiger partial charge in [-0.05, 0) is 44.1 Å². The van der Waals surface area contributed by atoms with Gasteiger partial charge >= 0.3 is 0 Å². The van der Waals surface area contributed by atoms with E-state index in [1.54, 1.807) is 6.20 Å². The van der Waals surface area contributed by atoms with Gasteiger partial charge in [0.15, 0.2) is 5.01 Å². The van der Waals surface area contributed by atoms with Crippen molar-refractivity contribution < 1.29 is 9.59 Å². The smallest absolute Gasteiger partial charge is 0.234 e. The summed E-state index contributed by atoms with van der Waals surface area (Å²) in [5, 5.41) is 2.31. The first-order valence-corrected chi connectivity index (χ1v) is 11.7. The number of ketones is 1. The quantitative estimate of drug-likeness (QED) is 0.468. The number of aromatic nitrogens is 1. The highest BCUT2D eigenvalue weighted by molar-refractivity contribution is 7.80. The van der Waals surface area contributed by atoms with E-state index in [0.29, 0.717) is 11.6 Å². The normalized spacial score (nSPS) is 20.7. The number of Topliss-reactive ketones (excluding diaryl/α,β-unsaturated/α-hetero) is 1. The van der Waals surface area contributed by atoms with Crippen LogP contribution in [0.1, 0.15) is 60.3 Å². The van der Waals surface area contributed by atoms with Crippen molar-refractivity contribution in [2.45, 2.75) is 57.4 Å². The Morgan fingerprint density at radius 3 is 2.62 bits per heavy atom. The van der Waals surface area contributed by atoms with Crippen LogP contribution in [0, 0.1) is 5.41 Å². The third-order valence-corrected chi connectivity index (χ3v) is 7.73. The average Bonchev–Trinajstić information content (AvgIpc) is 3.53. The Labute approximate surface area is 181 Å². The number of carbonyl (C=O) groups excluding carboxylic acids is 2. The van der Waals surface area contributed by atoms with Crippen molar-refractivity contribution in [3.05, 3.63) is 52.5 Å². The van der Waals surface area contributed by atoms with E-state index >= 15 is 0 Å². The first-order valence-electron chi connectivity index (χ1n) is 10.4. The zero-order valence-corrected chi connectivity index (χ0v) is 18.1. The topological polar surface area (TPSA) is 50.3 Å². The highest BCUT2D eigenvalue weighted by Crippen LogP contribution is 2.44. The molecule has 0 spiro atoms. The maximum Gasteiger partial charge on any atom is 0.234 e. The summed E-state index contributed by atoms with van der Waals surface area (Å²) < 4.78 is 0. The summed E-state index contributed by atoms with van der Waals surface area (Å²) in [5.41, 5.74) is 0.670. The number of nitrogens with zero attached hydrogens (tertiary/aromatic N) is 2. The van der Waals surface area contributed by atoms with Gasteiger partial charge in [-0.3, -0.25) is 9.59 Å². The fourth-order valence-corrected chi connectivity index (χ4v) is 5.80. The number of hydrogen-bond donors (Lipinski definition) is 0. The summed E-state index contributed by atoms with van der Waals surface area (Å²) >= 11 is 7.23. The highest BCUT2D eigenvalue weighted by atomic mass is 32.1. The van der Waals surface area contributed by atoms with Crippen LogP contribution in [0.2, 0.25) is 0 Å². The lowest BCUT2D eigenvalue weighted by molar-refractivity contribution is -0.138. The Morgan fingerprint density at radius 1 is 1.17 bits per heavy atom. The molecule has 0 radical (unpaired) electrons. The summed E-state index contributed by atoms with van der Waals surface area (Å²) in [6, 6.07) is 9.91. The van der Waals surface area contributed by atoms with Crippen LogP contribution in [0.25, 0.3) is 0 Å². The van der Waals surface area contributed by atoms with Crippen LogP contribution in [-0.2, 0) is 11.2 Å². The predicted molar refractivity (Wildman–Crippen MR) is 119 cm³/mol. The van der Waals surface area contributed by atoms with Gasteiger partial charge in [0.1, 0.15) is 0 Å². The lowest BCUT2D eigenvalue weighted by atomic mass is 9.78. The molecule has 29 heavy (non-hydrogen) atoms. The van der Waals surface area contributed by atoms with Crippen molar-refractivity contribution in [2.75, 3.05) is 6.54 Å². The molecule has 1 amide bonds. The van der Waals surface area contributed by atoms with Crippen molar-refractivity contribution in [2.24, 2.45) is 5.41 Å². The molecule has 1 saturated carbocycles. The van der Waals surface area contributed by atoms with Crippen LogP contribution in [0.3, 0.4) is 0 Å². The highest BCUT2D eigenvalue weighted by Gasteiger charge is 2.49. The maximum absolute atomic E-state index is 13.8. The summed E-state index contributed by atoms with van der Waals surface area (Å²) in [4.78, 5) is 33.6. The molecule has 1 aliphatic carbocycles. The number of rotatable bonds is 7. The first kappa shape index (κ1) is 20.4. The van der Waals surface area contributed by atoms with Gasteiger partial charge < -0.3 is 4.90 Å². The molecular weight excluding hydrogens is 400 g/mol. The van der Waals surface area contributed by atoms with Crippen molar-refractivity contribution in [1.82, 2.24) is 9.88 Å². The van der Waals surface area contributed by atoms with E-state index in [9.17, 15) is 9.59 Å². The number of thiocarbonyl (C=S) groups is 1. The van der Waals surface area contributed by atoms with Gasteiger partial charge in [-0.1, -0.05) is 55.4 Å². The van der Waals surface area contributed by atoms with Gasteiger partial charge in [0.05, 0.1) is 11.5 Å². The van der Waals surface area contributed by atoms with Crippen molar-refractivity contribution in [3.63, 3.8) is 0 Å². The molecule has 2 fully saturated rings. The van der Waals surface area contributed by atoms with Crippen molar-refractivity contribution in [3.8, 4) is 0 Å². The lowest BCUT2D eigenvalue weighted by Crippen LogP contribution is -2.50. The molecule has 2 heterocycles. The second-order valence-corrected chi connectivity index (χ2v) is 9.44. The molecule has 6 heteroatoms. The molecule has 1 aromatic carbocycles. The van der Waals surface area contributed by atoms with E-state index in [2.05, 4.69) is 17.1 Å². The molecule has 1 aliphatic heterocycles. The van der Waals surface area contributed by atoms with E-state index < -0.39 is 5.41 Å². The first-order chi connectivity index (χ1) is 14.1.